The second kappa shape index (κ2) is 10.3. The number of thioether (sulfide) groups is 1. The van der Waals surface area contributed by atoms with Crippen molar-refractivity contribution in [1.82, 2.24) is 20.1 Å². The molecule has 0 fully saturated rings. The molecule has 2 aromatic heterocycles. The molecular weight excluding hydrogens is 420 g/mol. The lowest BCUT2D eigenvalue weighted by Gasteiger charge is -2.13. The topological polar surface area (TPSA) is 106 Å². The number of hydrogen-bond donors (Lipinski definition) is 2. The highest BCUT2D eigenvalue weighted by atomic mass is 32.2. The monoisotopic (exact) mass is 444 g/mol. The number of nitrogens with one attached hydrogen (secondary N) is 1. The number of thiophene rings is 1. The largest absolute Gasteiger partial charge is 0.378 e. The lowest BCUT2D eigenvalue weighted by molar-refractivity contribution is -0.119. The van der Waals surface area contributed by atoms with E-state index in [2.05, 4.69) is 15.5 Å². The third kappa shape index (κ3) is 5.83. The predicted molar refractivity (Wildman–Crippen MR) is 120 cm³/mol. The van der Waals surface area contributed by atoms with Crippen LogP contribution in [0.3, 0.4) is 0 Å². The zero-order valence-electron chi connectivity index (χ0n) is 16.9. The van der Waals surface area contributed by atoms with Gasteiger partial charge >= 0.3 is 0 Å². The van der Waals surface area contributed by atoms with Crippen LogP contribution in [-0.4, -0.2) is 46.4 Å². The van der Waals surface area contributed by atoms with E-state index in [1.165, 1.54) is 23.1 Å². The van der Waals surface area contributed by atoms with E-state index in [0.717, 1.165) is 16.1 Å². The first-order chi connectivity index (χ1) is 14.4. The van der Waals surface area contributed by atoms with Gasteiger partial charge in [0.05, 0.1) is 10.6 Å². The number of carbonyl (C=O) groups excluding carboxylic acids is 2. The quantitative estimate of drug-likeness (QED) is 0.465. The smallest absolute Gasteiger partial charge is 0.230 e. The summed E-state index contributed by atoms with van der Waals surface area (Å²) in [6, 6.07) is 11.9. The molecule has 0 radical (unpaired) electrons. The maximum atomic E-state index is 12.3. The SMILES string of the molecule is CN(C)c1ccc(CNC(=O)CSc2nnc(-c3cccs3)n2CCC(N)=O)cc1. The Balaban J connectivity index is 1.59. The van der Waals surface area contributed by atoms with E-state index in [-0.39, 0.29) is 18.1 Å². The minimum Gasteiger partial charge on any atom is -0.378 e. The van der Waals surface area contributed by atoms with E-state index >= 15 is 0 Å². The van der Waals surface area contributed by atoms with Crippen molar-refractivity contribution in [3.05, 3.63) is 47.3 Å². The fourth-order valence-corrected chi connectivity index (χ4v) is 4.21. The zero-order valence-corrected chi connectivity index (χ0v) is 18.5. The van der Waals surface area contributed by atoms with Crippen molar-refractivity contribution >= 4 is 40.6 Å². The Bertz CT molecular complexity index is 983. The van der Waals surface area contributed by atoms with Gasteiger partial charge in [-0.05, 0) is 29.1 Å². The van der Waals surface area contributed by atoms with E-state index in [1.807, 2.05) is 65.3 Å². The van der Waals surface area contributed by atoms with Gasteiger partial charge in [-0.2, -0.15) is 0 Å². The molecule has 3 N–H and O–H groups in total. The number of primary amides is 1. The van der Waals surface area contributed by atoms with Gasteiger partial charge in [-0.25, -0.2) is 0 Å². The first-order valence-corrected chi connectivity index (χ1v) is 11.2. The second-order valence-electron chi connectivity index (χ2n) is 6.78. The molecule has 0 saturated heterocycles. The van der Waals surface area contributed by atoms with Crippen molar-refractivity contribution in [3.8, 4) is 10.7 Å². The van der Waals surface area contributed by atoms with Crippen LogP contribution in [0, 0.1) is 0 Å². The van der Waals surface area contributed by atoms with Crippen molar-refractivity contribution in [3.63, 3.8) is 0 Å². The summed E-state index contributed by atoms with van der Waals surface area (Å²) >= 11 is 2.83. The van der Waals surface area contributed by atoms with Crippen molar-refractivity contribution in [2.45, 2.75) is 24.7 Å². The first-order valence-electron chi connectivity index (χ1n) is 9.35. The maximum Gasteiger partial charge on any atom is 0.230 e. The molecule has 2 heterocycles. The Kier molecular flexibility index (Phi) is 7.47. The highest BCUT2D eigenvalue weighted by Gasteiger charge is 2.17. The number of benzene rings is 1. The standard InChI is InChI=1S/C20H24N6O2S2/c1-25(2)15-7-5-14(6-8-15)12-22-18(28)13-30-20-24-23-19(16-4-3-11-29-16)26(20)10-9-17(21)27/h3-8,11H,9-10,12-13H2,1-2H3,(H2,21,27)(H,22,28). The Labute approximate surface area is 183 Å². The molecule has 3 rings (SSSR count). The van der Waals surface area contributed by atoms with Gasteiger partial charge in [0.1, 0.15) is 0 Å². The van der Waals surface area contributed by atoms with Crippen LogP contribution in [0.1, 0.15) is 12.0 Å². The van der Waals surface area contributed by atoms with Gasteiger partial charge in [0.25, 0.3) is 0 Å². The Morgan fingerprint density at radius 1 is 1.20 bits per heavy atom. The second-order valence-corrected chi connectivity index (χ2v) is 8.67. The van der Waals surface area contributed by atoms with E-state index < -0.39 is 5.91 Å². The van der Waals surface area contributed by atoms with Crippen LogP contribution in [0.5, 0.6) is 0 Å². The third-order valence-corrected chi connectivity index (χ3v) is 6.15. The van der Waals surface area contributed by atoms with Crippen molar-refractivity contribution in [1.29, 1.82) is 0 Å². The lowest BCUT2D eigenvalue weighted by atomic mass is 10.2. The lowest BCUT2D eigenvalue weighted by Crippen LogP contribution is -2.24. The summed E-state index contributed by atoms with van der Waals surface area (Å²) in [5.41, 5.74) is 7.45. The number of carbonyl (C=O) groups is 2. The fraction of sp³-hybridized carbons (Fsp3) is 0.300. The van der Waals surface area contributed by atoms with Gasteiger partial charge in [0.2, 0.25) is 11.8 Å². The Morgan fingerprint density at radius 2 is 1.97 bits per heavy atom. The molecule has 0 saturated carbocycles. The van der Waals surface area contributed by atoms with E-state index in [4.69, 9.17) is 5.73 Å². The molecule has 0 spiro atoms. The summed E-state index contributed by atoms with van der Waals surface area (Å²) in [4.78, 5) is 26.5. The van der Waals surface area contributed by atoms with Gasteiger partial charge in [-0.15, -0.1) is 21.5 Å². The van der Waals surface area contributed by atoms with Gasteiger partial charge in [-0.1, -0.05) is 30.0 Å². The summed E-state index contributed by atoms with van der Waals surface area (Å²) in [5.74, 6) is 0.387. The summed E-state index contributed by atoms with van der Waals surface area (Å²) in [6.07, 6.45) is 0.180. The molecule has 0 unspecified atom stereocenters. The molecule has 0 atom stereocenters. The van der Waals surface area contributed by atoms with Crippen LogP contribution in [0.15, 0.2) is 46.9 Å². The van der Waals surface area contributed by atoms with Crippen LogP contribution >= 0.6 is 23.1 Å². The number of nitrogens with zero attached hydrogens (tertiary/aromatic N) is 4. The summed E-state index contributed by atoms with van der Waals surface area (Å²) < 4.78 is 1.84. The molecule has 0 aliphatic rings. The molecule has 30 heavy (non-hydrogen) atoms. The number of rotatable bonds is 10. The molecule has 1 aromatic carbocycles. The molecule has 3 aromatic rings. The van der Waals surface area contributed by atoms with Crippen LogP contribution in [0.25, 0.3) is 10.7 Å². The number of hydrogen-bond acceptors (Lipinski definition) is 7. The zero-order chi connectivity index (χ0) is 21.5. The molecule has 0 aliphatic heterocycles. The average Bonchev–Trinajstić information content (AvgIpc) is 3.38. The van der Waals surface area contributed by atoms with Crippen molar-refractivity contribution in [2.75, 3.05) is 24.7 Å². The fourth-order valence-electron chi connectivity index (χ4n) is 2.70. The minimum absolute atomic E-state index is 0.0983. The highest BCUT2D eigenvalue weighted by molar-refractivity contribution is 7.99. The van der Waals surface area contributed by atoms with Gasteiger partial charge in [-0.3, -0.25) is 9.59 Å². The van der Waals surface area contributed by atoms with E-state index in [0.29, 0.717) is 24.1 Å². The van der Waals surface area contributed by atoms with Crippen molar-refractivity contribution < 1.29 is 9.59 Å². The summed E-state index contributed by atoms with van der Waals surface area (Å²) in [6.45, 7) is 0.833. The number of nitrogens with two attached hydrogens (primary N) is 1. The number of amides is 2. The van der Waals surface area contributed by atoms with Crippen LogP contribution in [0.2, 0.25) is 0 Å². The molecule has 8 nitrogen and oxygen atoms in total. The molecule has 158 valence electrons. The number of anilines is 1. The van der Waals surface area contributed by atoms with Gasteiger partial charge in [0.15, 0.2) is 11.0 Å². The van der Waals surface area contributed by atoms with Crippen LogP contribution < -0.4 is 16.0 Å². The highest BCUT2D eigenvalue weighted by Crippen LogP contribution is 2.27. The average molecular weight is 445 g/mol. The Morgan fingerprint density at radius 3 is 2.60 bits per heavy atom. The predicted octanol–water partition coefficient (Wildman–Crippen LogP) is 2.36. The summed E-state index contributed by atoms with van der Waals surface area (Å²) in [5, 5.41) is 13.9. The molecule has 2 amide bonds. The van der Waals surface area contributed by atoms with Crippen molar-refractivity contribution in [2.24, 2.45) is 5.73 Å². The van der Waals surface area contributed by atoms with E-state index in [9.17, 15) is 9.59 Å². The molecule has 0 aliphatic carbocycles. The van der Waals surface area contributed by atoms with Crippen LogP contribution in [0.4, 0.5) is 5.69 Å². The molecule has 10 heteroatoms. The third-order valence-electron chi connectivity index (χ3n) is 4.31. The van der Waals surface area contributed by atoms with Crippen LogP contribution in [-0.2, 0) is 22.7 Å². The molecular formula is C20H24N6O2S2. The first kappa shape index (κ1) is 21.8. The van der Waals surface area contributed by atoms with Gasteiger partial charge < -0.3 is 20.5 Å². The Hall–Kier alpha value is -2.85. The van der Waals surface area contributed by atoms with Gasteiger partial charge in [0, 0.05) is 39.3 Å². The van der Waals surface area contributed by atoms with E-state index in [1.54, 1.807) is 0 Å². The molecule has 0 bridgehead atoms. The minimum atomic E-state index is -0.394. The maximum absolute atomic E-state index is 12.3. The number of aromatic nitrogens is 3. The summed E-state index contributed by atoms with van der Waals surface area (Å²) in [7, 11) is 3.97. The normalized spacial score (nSPS) is 10.7.